The highest BCUT2D eigenvalue weighted by Gasteiger charge is 2.30. The monoisotopic (exact) mass is 388 g/mol. The molecule has 8 heteroatoms. The molecule has 152 valence electrons. The second kappa shape index (κ2) is 9.30. The van der Waals surface area contributed by atoms with Crippen LogP contribution in [0.25, 0.3) is 0 Å². The van der Waals surface area contributed by atoms with E-state index in [1.807, 2.05) is 11.8 Å². The molecular formula is C19H27F3N2O3. The maximum Gasteiger partial charge on any atom is 0.422 e. The van der Waals surface area contributed by atoms with E-state index in [9.17, 15) is 18.0 Å². The first-order valence-corrected chi connectivity index (χ1v) is 9.13. The number of ether oxygens (including phenoxy) is 2. The van der Waals surface area contributed by atoms with Crippen LogP contribution in [0.1, 0.15) is 38.2 Å². The van der Waals surface area contributed by atoms with Gasteiger partial charge in [0.15, 0.2) is 18.1 Å². The normalized spacial score (nSPS) is 18.9. The van der Waals surface area contributed by atoms with E-state index in [1.165, 1.54) is 13.2 Å². The third kappa shape index (κ3) is 6.30. The number of halogens is 3. The minimum absolute atomic E-state index is 0.0259. The van der Waals surface area contributed by atoms with Gasteiger partial charge in [0, 0.05) is 25.0 Å². The van der Waals surface area contributed by atoms with Crippen LogP contribution < -0.4 is 15.2 Å². The fraction of sp³-hybridized carbons (Fsp3) is 0.632. The second-order valence-corrected chi connectivity index (χ2v) is 6.90. The summed E-state index contributed by atoms with van der Waals surface area (Å²) in [7, 11) is 1.37. The highest BCUT2D eigenvalue weighted by Crippen LogP contribution is 2.30. The third-order valence-electron chi connectivity index (χ3n) is 4.72. The first kappa shape index (κ1) is 21.3. The summed E-state index contributed by atoms with van der Waals surface area (Å²) in [4.78, 5) is 14.5. The van der Waals surface area contributed by atoms with Gasteiger partial charge in [0.2, 0.25) is 5.91 Å². The van der Waals surface area contributed by atoms with E-state index in [-0.39, 0.29) is 29.5 Å². The van der Waals surface area contributed by atoms with E-state index in [0.29, 0.717) is 12.8 Å². The summed E-state index contributed by atoms with van der Waals surface area (Å²) in [6.45, 7) is 1.26. The standard InChI is InChI=1S/C19H27F3N2O3/c1-13(23)15-5-3-4-10-24(15)18(25)9-7-14-6-8-16(17(11-14)26-2)27-12-19(20,21)22/h6,8,11,13,15H,3-5,7,9-10,12,23H2,1-2H3. The number of aryl methyl sites for hydroxylation is 1. The Morgan fingerprint density at radius 3 is 2.70 bits per heavy atom. The van der Waals surface area contributed by atoms with Crippen LogP contribution in [0.3, 0.4) is 0 Å². The number of carbonyl (C=O) groups excluding carboxylic acids is 1. The maximum absolute atomic E-state index is 12.6. The lowest BCUT2D eigenvalue weighted by Crippen LogP contribution is -2.51. The van der Waals surface area contributed by atoms with Gasteiger partial charge in [0.25, 0.3) is 0 Å². The molecule has 27 heavy (non-hydrogen) atoms. The van der Waals surface area contributed by atoms with Crippen molar-refractivity contribution in [1.29, 1.82) is 0 Å². The molecule has 0 aromatic heterocycles. The van der Waals surface area contributed by atoms with Crippen molar-refractivity contribution in [2.24, 2.45) is 5.73 Å². The number of nitrogens with two attached hydrogens (primary N) is 1. The fourth-order valence-corrected chi connectivity index (χ4v) is 3.35. The van der Waals surface area contributed by atoms with Gasteiger partial charge in [-0.1, -0.05) is 6.07 Å². The Bertz CT molecular complexity index is 635. The Kier molecular flexibility index (Phi) is 7.35. The van der Waals surface area contributed by atoms with E-state index in [0.717, 1.165) is 31.4 Å². The number of alkyl halides is 3. The molecular weight excluding hydrogens is 361 g/mol. The van der Waals surface area contributed by atoms with Crippen molar-refractivity contribution >= 4 is 5.91 Å². The molecule has 1 fully saturated rings. The maximum atomic E-state index is 12.6. The highest BCUT2D eigenvalue weighted by atomic mass is 19.4. The van der Waals surface area contributed by atoms with Gasteiger partial charge in [0.1, 0.15) is 0 Å². The SMILES string of the molecule is COc1cc(CCC(=O)N2CCCCC2C(C)N)ccc1OCC(F)(F)F. The first-order valence-electron chi connectivity index (χ1n) is 9.13. The van der Waals surface area contributed by atoms with Crippen LogP contribution in [-0.4, -0.2) is 49.3 Å². The predicted molar refractivity (Wildman–Crippen MR) is 95.9 cm³/mol. The number of methoxy groups -OCH3 is 1. The van der Waals surface area contributed by atoms with Gasteiger partial charge in [-0.25, -0.2) is 0 Å². The molecule has 1 saturated heterocycles. The van der Waals surface area contributed by atoms with Crippen molar-refractivity contribution in [1.82, 2.24) is 4.90 Å². The zero-order valence-corrected chi connectivity index (χ0v) is 15.7. The Hall–Kier alpha value is -1.96. The molecule has 0 radical (unpaired) electrons. The summed E-state index contributed by atoms with van der Waals surface area (Å²) in [6.07, 6.45) is -0.656. The molecule has 1 aromatic rings. The molecule has 0 spiro atoms. The lowest BCUT2D eigenvalue weighted by molar-refractivity contribution is -0.153. The molecule has 0 aliphatic carbocycles. The number of likely N-dealkylation sites (tertiary alicyclic amines) is 1. The number of hydrogen-bond donors (Lipinski definition) is 1. The molecule has 1 aliphatic heterocycles. The van der Waals surface area contributed by atoms with Crippen LogP contribution in [-0.2, 0) is 11.2 Å². The van der Waals surface area contributed by atoms with Gasteiger partial charge in [-0.05, 0) is 50.3 Å². The van der Waals surface area contributed by atoms with Crippen molar-refractivity contribution < 1.29 is 27.4 Å². The second-order valence-electron chi connectivity index (χ2n) is 6.90. The molecule has 1 heterocycles. The Morgan fingerprint density at radius 1 is 1.33 bits per heavy atom. The number of piperidine rings is 1. The predicted octanol–water partition coefficient (Wildman–Crippen LogP) is 3.30. The largest absolute Gasteiger partial charge is 0.493 e. The Labute approximate surface area is 157 Å². The molecule has 0 bridgehead atoms. The summed E-state index contributed by atoms with van der Waals surface area (Å²) in [5.74, 6) is 0.293. The number of benzene rings is 1. The summed E-state index contributed by atoms with van der Waals surface area (Å²) >= 11 is 0. The van der Waals surface area contributed by atoms with Crippen LogP contribution in [0.4, 0.5) is 13.2 Å². The van der Waals surface area contributed by atoms with Crippen molar-refractivity contribution in [3.63, 3.8) is 0 Å². The van der Waals surface area contributed by atoms with Crippen molar-refractivity contribution in [2.45, 2.75) is 57.3 Å². The van der Waals surface area contributed by atoms with Gasteiger partial charge in [-0.2, -0.15) is 13.2 Å². The average molecular weight is 388 g/mol. The lowest BCUT2D eigenvalue weighted by Gasteiger charge is -2.38. The van der Waals surface area contributed by atoms with Crippen LogP contribution in [0, 0.1) is 0 Å². The van der Waals surface area contributed by atoms with E-state index in [2.05, 4.69) is 0 Å². The summed E-state index contributed by atoms with van der Waals surface area (Å²) in [5.41, 5.74) is 6.81. The van der Waals surface area contributed by atoms with E-state index < -0.39 is 12.8 Å². The van der Waals surface area contributed by atoms with Crippen molar-refractivity contribution in [3.05, 3.63) is 23.8 Å². The number of rotatable bonds is 7. The topological polar surface area (TPSA) is 64.8 Å². The number of amides is 1. The molecule has 2 unspecified atom stereocenters. The smallest absolute Gasteiger partial charge is 0.422 e. The van der Waals surface area contributed by atoms with Gasteiger partial charge in [-0.15, -0.1) is 0 Å². The summed E-state index contributed by atoms with van der Waals surface area (Å²) in [5, 5.41) is 0. The van der Waals surface area contributed by atoms with Gasteiger partial charge in [-0.3, -0.25) is 4.79 Å². The molecule has 5 nitrogen and oxygen atoms in total. The zero-order valence-electron chi connectivity index (χ0n) is 15.7. The van der Waals surface area contributed by atoms with E-state index in [4.69, 9.17) is 15.2 Å². The summed E-state index contributed by atoms with van der Waals surface area (Å²) in [6, 6.07) is 4.70. The van der Waals surface area contributed by atoms with Crippen LogP contribution in [0.2, 0.25) is 0 Å². The van der Waals surface area contributed by atoms with Gasteiger partial charge >= 0.3 is 6.18 Å². The molecule has 0 saturated carbocycles. The Morgan fingerprint density at radius 2 is 2.07 bits per heavy atom. The first-order chi connectivity index (χ1) is 12.7. The molecule has 2 rings (SSSR count). The summed E-state index contributed by atoms with van der Waals surface area (Å²) < 4.78 is 46.8. The minimum atomic E-state index is -4.42. The highest BCUT2D eigenvalue weighted by molar-refractivity contribution is 5.77. The average Bonchev–Trinajstić information content (AvgIpc) is 2.63. The number of nitrogens with zero attached hydrogens (tertiary/aromatic N) is 1. The lowest BCUT2D eigenvalue weighted by atomic mass is 9.96. The number of carbonyl (C=O) groups is 1. The van der Waals surface area contributed by atoms with E-state index in [1.54, 1.807) is 12.1 Å². The van der Waals surface area contributed by atoms with Crippen LogP contribution in [0.5, 0.6) is 11.5 Å². The Balaban J connectivity index is 1.97. The minimum Gasteiger partial charge on any atom is -0.493 e. The molecule has 1 amide bonds. The number of hydrogen-bond acceptors (Lipinski definition) is 4. The van der Waals surface area contributed by atoms with Gasteiger partial charge in [0.05, 0.1) is 7.11 Å². The van der Waals surface area contributed by atoms with E-state index >= 15 is 0 Å². The van der Waals surface area contributed by atoms with Crippen LogP contribution >= 0.6 is 0 Å². The third-order valence-corrected chi connectivity index (χ3v) is 4.72. The van der Waals surface area contributed by atoms with Crippen LogP contribution in [0.15, 0.2) is 18.2 Å². The van der Waals surface area contributed by atoms with Gasteiger partial charge < -0.3 is 20.1 Å². The fourth-order valence-electron chi connectivity index (χ4n) is 3.35. The molecule has 1 aromatic carbocycles. The van der Waals surface area contributed by atoms with Crippen molar-refractivity contribution in [2.75, 3.05) is 20.3 Å². The molecule has 2 N–H and O–H groups in total. The van der Waals surface area contributed by atoms with Crippen molar-refractivity contribution in [3.8, 4) is 11.5 Å². The quantitative estimate of drug-likeness (QED) is 0.779. The molecule has 1 aliphatic rings. The molecule has 2 atom stereocenters. The zero-order chi connectivity index (χ0) is 20.0.